The molecule has 3 N–H and O–H groups in total. The number of methoxy groups -OCH3 is 1. The number of nitrogens with zero attached hydrogens (tertiary/aromatic N) is 1. The highest BCUT2D eigenvalue weighted by atomic mass is 19.1. The summed E-state index contributed by atoms with van der Waals surface area (Å²) in [5.74, 6) is 5.53. The van der Waals surface area contributed by atoms with E-state index in [2.05, 4.69) is 17.2 Å². The van der Waals surface area contributed by atoms with E-state index in [1.165, 1.54) is 12.1 Å². The van der Waals surface area contributed by atoms with Crippen LogP contribution in [0.25, 0.3) is 0 Å². The summed E-state index contributed by atoms with van der Waals surface area (Å²) in [6.07, 6.45) is 2.18. The number of ether oxygens (including phenoxy) is 2. The maximum atomic E-state index is 13.9. The Morgan fingerprint density at radius 3 is 2.71 bits per heavy atom. The van der Waals surface area contributed by atoms with Crippen molar-refractivity contribution in [3.8, 4) is 17.6 Å². The van der Waals surface area contributed by atoms with Crippen LogP contribution in [0.1, 0.15) is 47.2 Å². The Balaban J connectivity index is 1.64. The van der Waals surface area contributed by atoms with Crippen LogP contribution in [-0.4, -0.2) is 50.4 Å². The van der Waals surface area contributed by atoms with Crippen molar-refractivity contribution in [1.82, 2.24) is 10.8 Å². The summed E-state index contributed by atoms with van der Waals surface area (Å²) >= 11 is 0. The summed E-state index contributed by atoms with van der Waals surface area (Å²) in [4.78, 5) is 26.0. The number of morpholine rings is 1. The minimum Gasteiger partial charge on any atom is -0.495 e. The molecule has 3 rings (SSSR count). The Bertz CT molecular complexity index is 1090. The van der Waals surface area contributed by atoms with Crippen LogP contribution in [0.4, 0.5) is 10.1 Å². The molecule has 9 heteroatoms. The van der Waals surface area contributed by atoms with Crippen molar-refractivity contribution in [3.63, 3.8) is 0 Å². The first kappa shape index (κ1) is 26.0. The van der Waals surface area contributed by atoms with Gasteiger partial charge in [0.15, 0.2) is 0 Å². The minimum atomic E-state index is -0.467. The molecule has 1 aliphatic heterocycles. The smallest absolute Gasteiger partial charge is 0.253 e. The van der Waals surface area contributed by atoms with Gasteiger partial charge in [-0.25, -0.2) is 9.87 Å². The van der Waals surface area contributed by atoms with Crippen molar-refractivity contribution in [2.75, 3.05) is 38.3 Å². The SMILES string of the molecule is COc1ccc(CNC(=O)c2cc(F)ccc2N2CCOCC2)cc1C#CCCCCC(=O)NO. The molecule has 1 saturated heterocycles. The lowest BCUT2D eigenvalue weighted by atomic mass is 10.1. The van der Waals surface area contributed by atoms with Crippen LogP contribution in [0.15, 0.2) is 36.4 Å². The number of hydrogen-bond acceptors (Lipinski definition) is 6. The third kappa shape index (κ3) is 7.70. The fourth-order valence-electron chi connectivity index (χ4n) is 3.72. The van der Waals surface area contributed by atoms with E-state index in [1.807, 2.05) is 17.0 Å². The standard InChI is InChI=1S/C26H30FN3O5/c1-34-24-11-8-19(16-20(24)6-4-2-3-5-7-25(31)29-33)18-28-26(32)22-17-21(27)9-10-23(22)30-12-14-35-15-13-30/h8-11,16-17,33H,2-3,5,7,12-15,18H2,1H3,(H,28,32)(H,29,31). The molecule has 1 aliphatic rings. The van der Waals surface area contributed by atoms with Gasteiger partial charge in [-0.2, -0.15) is 0 Å². The van der Waals surface area contributed by atoms with Crippen molar-refractivity contribution in [2.24, 2.45) is 0 Å². The van der Waals surface area contributed by atoms with Crippen LogP contribution in [0.2, 0.25) is 0 Å². The van der Waals surface area contributed by atoms with Gasteiger partial charge in [-0.1, -0.05) is 17.9 Å². The number of benzene rings is 2. The lowest BCUT2D eigenvalue weighted by Crippen LogP contribution is -2.38. The molecule has 2 amide bonds. The Kier molecular flexibility index (Phi) is 9.90. The maximum Gasteiger partial charge on any atom is 0.253 e. The van der Waals surface area contributed by atoms with Crippen molar-refractivity contribution in [3.05, 3.63) is 58.9 Å². The second kappa shape index (κ2) is 13.3. The van der Waals surface area contributed by atoms with Gasteiger partial charge in [-0.05, 0) is 48.7 Å². The van der Waals surface area contributed by atoms with E-state index in [9.17, 15) is 14.0 Å². The van der Waals surface area contributed by atoms with E-state index in [1.54, 1.807) is 24.7 Å². The van der Waals surface area contributed by atoms with Crippen LogP contribution < -0.4 is 20.4 Å². The van der Waals surface area contributed by atoms with Gasteiger partial charge in [0.05, 0.1) is 31.5 Å². The molecule has 0 unspecified atom stereocenters. The normalized spacial score (nSPS) is 12.9. The van der Waals surface area contributed by atoms with Gasteiger partial charge in [0.1, 0.15) is 11.6 Å². The molecular weight excluding hydrogens is 453 g/mol. The molecule has 0 spiro atoms. The van der Waals surface area contributed by atoms with Crippen LogP contribution >= 0.6 is 0 Å². The maximum absolute atomic E-state index is 13.9. The second-order valence-corrected chi connectivity index (χ2v) is 8.02. The number of unbranched alkanes of at least 4 members (excludes halogenated alkanes) is 2. The zero-order chi connectivity index (χ0) is 25.0. The number of nitrogens with one attached hydrogen (secondary N) is 2. The topological polar surface area (TPSA) is 100 Å². The molecule has 35 heavy (non-hydrogen) atoms. The first-order valence-corrected chi connectivity index (χ1v) is 11.5. The molecule has 8 nitrogen and oxygen atoms in total. The zero-order valence-corrected chi connectivity index (χ0v) is 19.7. The van der Waals surface area contributed by atoms with Crippen molar-refractivity contribution < 1.29 is 28.7 Å². The molecule has 0 radical (unpaired) electrons. The van der Waals surface area contributed by atoms with Crippen LogP contribution in [0, 0.1) is 17.7 Å². The molecular formula is C26H30FN3O5. The predicted molar refractivity (Wildman–Crippen MR) is 129 cm³/mol. The fourth-order valence-corrected chi connectivity index (χ4v) is 3.72. The number of hydroxylamine groups is 1. The number of carbonyl (C=O) groups is 2. The largest absolute Gasteiger partial charge is 0.495 e. The summed E-state index contributed by atoms with van der Waals surface area (Å²) in [7, 11) is 1.56. The predicted octanol–water partition coefficient (Wildman–Crippen LogP) is 3.02. The van der Waals surface area contributed by atoms with E-state index in [0.29, 0.717) is 56.1 Å². The highest BCUT2D eigenvalue weighted by Crippen LogP contribution is 2.23. The molecule has 1 fully saturated rings. The summed E-state index contributed by atoms with van der Waals surface area (Å²) < 4.78 is 24.7. The number of carbonyl (C=O) groups excluding carboxylic acids is 2. The summed E-state index contributed by atoms with van der Waals surface area (Å²) in [6, 6.07) is 9.73. The van der Waals surface area contributed by atoms with Gasteiger partial charge in [-0.3, -0.25) is 14.8 Å². The molecule has 1 heterocycles. The van der Waals surface area contributed by atoms with Crippen LogP contribution in [0.5, 0.6) is 5.75 Å². The van der Waals surface area contributed by atoms with E-state index in [4.69, 9.17) is 14.7 Å². The van der Waals surface area contributed by atoms with E-state index in [-0.39, 0.29) is 24.4 Å². The van der Waals surface area contributed by atoms with Gasteiger partial charge in [0.25, 0.3) is 5.91 Å². The van der Waals surface area contributed by atoms with Gasteiger partial charge >= 0.3 is 0 Å². The van der Waals surface area contributed by atoms with Crippen LogP contribution in [0.3, 0.4) is 0 Å². The average Bonchev–Trinajstić information content (AvgIpc) is 2.89. The van der Waals surface area contributed by atoms with Gasteiger partial charge in [0, 0.05) is 38.2 Å². The third-order valence-electron chi connectivity index (χ3n) is 5.58. The molecule has 186 valence electrons. The van der Waals surface area contributed by atoms with E-state index >= 15 is 0 Å². The summed E-state index contributed by atoms with van der Waals surface area (Å²) in [5.41, 5.74) is 4.09. The fraction of sp³-hybridized carbons (Fsp3) is 0.385. The van der Waals surface area contributed by atoms with Crippen molar-refractivity contribution in [2.45, 2.75) is 32.2 Å². The average molecular weight is 484 g/mol. The molecule has 0 saturated carbocycles. The zero-order valence-electron chi connectivity index (χ0n) is 19.7. The first-order valence-electron chi connectivity index (χ1n) is 11.5. The molecule has 2 aromatic rings. The monoisotopic (exact) mass is 483 g/mol. The number of anilines is 1. The number of hydrogen-bond donors (Lipinski definition) is 3. The lowest BCUT2D eigenvalue weighted by molar-refractivity contribution is -0.129. The number of halogens is 1. The van der Waals surface area contributed by atoms with Crippen LogP contribution in [-0.2, 0) is 16.1 Å². The first-order chi connectivity index (χ1) is 17.0. The Hall–Kier alpha value is -3.61. The molecule has 0 aliphatic carbocycles. The number of amides is 2. The molecule has 2 aromatic carbocycles. The van der Waals surface area contributed by atoms with Crippen molar-refractivity contribution >= 4 is 17.5 Å². The molecule has 0 atom stereocenters. The van der Waals surface area contributed by atoms with Gasteiger partial charge < -0.3 is 19.7 Å². The van der Waals surface area contributed by atoms with Gasteiger partial charge in [-0.15, -0.1) is 0 Å². The Morgan fingerprint density at radius 2 is 1.97 bits per heavy atom. The van der Waals surface area contributed by atoms with Crippen molar-refractivity contribution in [1.29, 1.82) is 0 Å². The van der Waals surface area contributed by atoms with E-state index < -0.39 is 11.7 Å². The lowest BCUT2D eigenvalue weighted by Gasteiger charge is -2.30. The minimum absolute atomic E-state index is 0.243. The third-order valence-corrected chi connectivity index (χ3v) is 5.58. The number of rotatable bonds is 9. The quantitative estimate of drug-likeness (QED) is 0.219. The Morgan fingerprint density at radius 1 is 1.17 bits per heavy atom. The highest BCUT2D eigenvalue weighted by molar-refractivity contribution is 5.99. The molecule has 0 bridgehead atoms. The summed E-state index contributed by atoms with van der Waals surface area (Å²) in [6.45, 7) is 2.65. The van der Waals surface area contributed by atoms with Gasteiger partial charge in [0.2, 0.25) is 5.91 Å². The second-order valence-electron chi connectivity index (χ2n) is 8.02. The summed E-state index contributed by atoms with van der Waals surface area (Å²) in [5, 5.41) is 11.4. The molecule has 0 aromatic heterocycles. The Labute approximate surface area is 204 Å². The highest BCUT2D eigenvalue weighted by Gasteiger charge is 2.19. The van der Waals surface area contributed by atoms with E-state index in [0.717, 1.165) is 12.0 Å².